The van der Waals surface area contributed by atoms with Gasteiger partial charge >= 0.3 is 0 Å². The minimum atomic E-state index is -0.961. The number of nitrogens with zero attached hydrogens (tertiary/aromatic N) is 5. The van der Waals surface area contributed by atoms with Gasteiger partial charge in [-0.05, 0) is 72.2 Å². The molecule has 2 aliphatic rings. The van der Waals surface area contributed by atoms with Crippen LogP contribution < -0.4 is 5.32 Å². The van der Waals surface area contributed by atoms with E-state index in [0.29, 0.717) is 22.6 Å². The predicted molar refractivity (Wildman–Crippen MR) is 158 cm³/mol. The minimum absolute atomic E-state index is 0.343. The molecular weight excluding hydrogens is 600 g/mol. The van der Waals surface area contributed by atoms with Crippen LogP contribution in [0.25, 0.3) is 32.2 Å². The van der Waals surface area contributed by atoms with Crippen molar-refractivity contribution in [3.05, 3.63) is 63.3 Å². The molecular formula is C28H28BrClN6O2S. The molecule has 0 spiro atoms. The molecule has 3 N–H and O–H groups in total. The number of fused-ring (bicyclic) bond motifs is 2. The maximum Gasteiger partial charge on any atom is 0.188 e. The third kappa shape index (κ3) is 4.87. The Bertz CT molecular complexity index is 1620. The molecule has 2 atom stereocenters. The molecule has 6 rings (SSSR count). The van der Waals surface area contributed by atoms with Gasteiger partial charge in [0.15, 0.2) is 6.35 Å². The normalized spacial score (nSPS) is 21.8. The van der Waals surface area contributed by atoms with Crippen molar-refractivity contribution in [3.8, 4) is 17.2 Å². The van der Waals surface area contributed by atoms with Crippen LogP contribution in [0.2, 0.25) is 5.02 Å². The van der Waals surface area contributed by atoms with E-state index in [1.807, 2.05) is 24.3 Å². The summed E-state index contributed by atoms with van der Waals surface area (Å²) in [6, 6.07) is 12.7. The quantitative estimate of drug-likeness (QED) is 0.285. The van der Waals surface area contributed by atoms with Crippen molar-refractivity contribution in [1.29, 1.82) is 5.26 Å². The molecule has 0 saturated carbocycles. The highest BCUT2D eigenvalue weighted by molar-refractivity contribution is 9.11. The number of rotatable bonds is 5. The molecule has 0 bridgehead atoms. The van der Waals surface area contributed by atoms with E-state index in [9.17, 15) is 15.5 Å². The van der Waals surface area contributed by atoms with Crippen LogP contribution in [-0.2, 0) is 13.1 Å². The van der Waals surface area contributed by atoms with E-state index in [1.54, 1.807) is 40.6 Å². The highest BCUT2D eigenvalue weighted by Gasteiger charge is 2.34. The summed E-state index contributed by atoms with van der Waals surface area (Å²) in [5, 5.41) is 36.6. The van der Waals surface area contributed by atoms with E-state index in [4.69, 9.17) is 11.6 Å². The number of aliphatic hydroxyl groups excluding tert-OH is 2. The predicted octanol–water partition coefficient (Wildman–Crippen LogP) is 5.04. The largest absolute Gasteiger partial charge is 0.373 e. The molecule has 1 saturated heterocycles. The molecule has 11 heteroatoms. The van der Waals surface area contributed by atoms with Crippen LogP contribution in [0.15, 0.2) is 53.4 Å². The van der Waals surface area contributed by atoms with Gasteiger partial charge in [0.1, 0.15) is 6.23 Å². The molecule has 2 unspecified atom stereocenters. The summed E-state index contributed by atoms with van der Waals surface area (Å²) in [6.07, 6.45) is 5.25. The molecule has 3 aromatic heterocycles. The lowest BCUT2D eigenvalue weighted by molar-refractivity contribution is -0.154. The lowest BCUT2D eigenvalue weighted by atomic mass is 9.80. The Hall–Kier alpha value is -2.49. The molecule has 202 valence electrons. The van der Waals surface area contributed by atoms with Gasteiger partial charge in [0, 0.05) is 65.1 Å². The van der Waals surface area contributed by atoms with Crippen molar-refractivity contribution in [2.24, 2.45) is 5.41 Å². The number of piperidine rings is 1. The maximum absolute atomic E-state index is 10.7. The molecule has 5 heterocycles. The maximum atomic E-state index is 10.7. The first kappa shape index (κ1) is 26.7. The number of aliphatic hydroxyl groups is 2. The van der Waals surface area contributed by atoms with E-state index in [-0.39, 0.29) is 0 Å². The van der Waals surface area contributed by atoms with Crippen LogP contribution >= 0.6 is 38.9 Å². The number of hydrogen-bond donors (Lipinski definition) is 3. The number of benzene rings is 1. The van der Waals surface area contributed by atoms with Crippen LogP contribution in [0.1, 0.15) is 17.7 Å². The summed E-state index contributed by atoms with van der Waals surface area (Å²) in [6.45, 7) is 2.65. The average molecular weight is 628 g/mol. The van der Waals surface area contributed by atoms with Gasteiger partial charge in [0.05, 0.1) is 31.7 Å². The van der Waals surface area contributed by atoms with Gasteiger partial charge in [-0.1, -0.05) is 11.6 Å². The first-order chi connectivity index (χ1) is 18.8. The summed E-state index contributed by atoms with van der Waals surface area (Å²) in [5.74, 6) is 0. The Kier molecular flexibility index (Phi) is 7.18. The molecule has 0 amide bonds. The lowest BCUT2D eigenvalue weighted by Crippen LogP contribution is -2.52. The standard InChI is InChI=1S/C28H28BrClN6O2S/c1-34-14-22(29)26(37)36(27(34)38)13-19-12-23-25(39-19)20(2-6-33-23)21-11-18(30)10-17-3-9-35(24(17)21)16-28(15-31)4-7-32-8-5-28/h2-3,6,9-12,14,26-27,32,37-38H,4-5,7-8,13,16H2,1H3. The summed E-state index contributed by atoms with van der Waals surface area (Å²) in [5.41, 5.74) is 3.48. The zero-order chi connectivity index (χ0) is 27.3. The third-order valence-electron chi connectivity index (χ3n) is 7.74. The van der Waals surface area contributed by atoms with Gasteiger partial charge in [-0.3, -0.25) is 4.98 Å². The highest BCUT2D eigenvalue weighted by Crippen LogP contribution is 2.41. The topological polar surface area (TPSA) is 101 Å². The Balaban J connectivity index is 1.42. The van der Waals surface area contributed by atoms with Gasteiger partial charge < -0.3 is 25.0 Å². The van der Waals surface area contributed by atoms with Crippen LogP contribution in [0.4, 0.5) is 0 Å². The fourth-order valence-electron chi connectivity index (χ4n) is 5.66. The third-order valence-corrected chi connectivity index (χ3v) is 9.71. The molecule has 2 aliphatic heterocycles. The average Bonchev–Trinajstić information content (AvgIpc) is 3.53. The summed E-state index contributed by atoms with van der Waals surface area (Å²) in [7, 11) is 1.76. The van der Waals surface area contributed by atoms with E-state index in [2.05, 4.69) is 49.1 Å². The zero-order valence-corrected chi connectivity index (χ0v) is 24.5. The monoisotopic (exact) mass is 626 g/mol. The number of thiophene rings is 1. The molecule has 0 aliphatic carbocycles. The second kappa shape index (κ2) is 10.5. The van der Waals surface area contributed by atoms with Gasteiger partial charge in [0.2, 0.25) is 0 Å². The SMILES string of the molecule is CN1C=C(Br)C(O)N(Cc2cc3nccc(-c4cc(Cl)cc5ccn(CC6(C#N)CCNCC6)c45)c3s2)C1O. The molecule has 0 radical (unpaired) electrons. The number of hydrogen-bond acceptors (Lipinski definition) is 8. The first-order valence-electron chi connectivity index (χ1n) is 12.8. The van der Waals surface area contributed by atoms with Gasteiger partial charge in [0.25, 0.3) is 0 Å². The molecule has 1 aromatic carbocycles. The van der Waals surface area contributed by atoms with Gasteiger partial charge in [-0.25, -0.2) is 4.90 Å². The number of nitriles is 1. The summed E-state index contributed by atoms with van der Waals surface area (Å²) >= 11 is 11.6. The van der Waals surface area contributed by atoms with Crippen LogP contribution in [0.5, 0.6) is 0 Å². The number of pyridine rings is 1. The first-order valence-corrected chi connectivity index (χ1v) is 14.8. The number of aromatic nitrogens is 2. The lowest BCUT2D eigenvalue weighted by Gasteiger charge is -2.40. The summed E-state index contributed by atoms with van der Waals surface area (Å²) in [4.78, 5) is 8.84. The van der Waals surface area contributed by atoms with Crippen molar-refractivity contribution in [2.75, 3.05) is 20.1 Å². The molecule has 1 fully saturated rings. The molecule has 4 aromatic rings. The fourth-order valence-corrected chi connectivity index (χ4v) is 7.62. The van der Waals surface area contributed by atoms with Crippen molar-refractivity contribution >= 4 is 60.0 Å². The van der Waals surface area contributed by atoms with Crippen LogP contribution in [0.3, 0.4) is 0 Å². The van der Waals surface area contributed by atoms with E-state index < -0.39 is 18.0 Å². The Morgan fingerprint density at radius 2 is 2.03 bits per heavy atom. The second-order valence-corrected chi connectivity index (χ2v) is 12.8. The highest BCUT2D eigenvalue weighted by atomic mass is 79.9. The van der Waals surface area contributed by atoms with Gasteiger partial charge in [-0.15, -0.1) is 11.3 Å². The number of halogens is 2. The Morgan fingerprint density at radius 3 is 2.79 bits per heavy atom. The van der Waals surface area contributed by atoms with Crippen molar-refractivity contribution in [3.63, 3.8) is 0 Å². The Morgan fingerprint density at radius 1 is 1.23 bits per heavy atom. The molecule has 39 heavy (non-hydrogen) atoms. The second-order valence-electron chi connectivity index (χ2n) is 10.3. The number of nitrogens with one attached hydrogen (secondary N) is 1. The smallest absolute Gasteiger partial charge is 0.188 e. The summed E-state index contributed by atoms with van der Waals surface area (Å²) < 4.78 is 3.79. The minimum Gasteiger partial charge on any atom is -0.373 e. The zero-order valence-electron chi connectivity index (χ0n) is 21.3. The van der Waals surface area contributed by atoms with Crippen LogP contribution in [0, 0.1) is 16.7 Å². The van der Waals surface area contributed by atoms with Crippen LogP contribution in [-0.4, -0.2) is 62.3 Å². The van der Waals surface area contributed by atoms with E-state index in [0.717, 1.165) is 63.1 Å². The van der Waals surface area contributed by atoms with Crippen molar-refractivity contribution < 1.29 is 10.2 Å². The van der Waals surface area contributed by atoms with Crippen molar-refractivity contribution in [2.45, 2.75) is 38.5 Å². The van der Waals surface area contributed by atoms with Gasteiger partial charge in [-0.2, -0.15) is 5.26 Å². The van der Waals surface area contributed by atoms with Crippen molar-refractivity contribution in [1.82, 2.24) is 24.7 Å². The Labute approximate surface area is 243 Å². The molecule has 8 nitrogen and oxygen atoms in total. The fraction of sp³-hybridized carbons (Fsp3) is 0.357. The van der Waals surface area contributed by atoms with E-state index in [1.165, 1.54) is 0 Å². The van der Waals surface area contributed by atoms with E-state index >= 15 is 0 Å².